The zero-order valence-electron chi connectivity index (χ0n) is 14.7. The monoisotopic (exact) mass is 330 g/mol. The fourth-order valence-corrected chi connectivity index (χ4v) is 3.41. The average molecular weight is 330 g/mol. The van der Waals surface area contributed by atoms with E-state index in [-0.39, 0.29) is 11.3 Å². The Balaban J connectivity index is 1.94. The molecule has 1 aromatic carbocycles. The smallest absolute Gasteiger partial charge is 0.220 e. The van der Waals surface area contributed by atoms with Gasteiger partial charge in [0.15, 0.2) is 0 Å². The number of thiazole rings is 1. The summed E-state index contributed by atoms with van der Waals surface area (Å²) in [6.07, 6.45) is 1.40. The lowest BCUT2D eigenvalue weighted by Crippen LogP contribution is -2.29. The maximum absolute atomic E-state index is 11.9. The summed E-state index contributed by atoms with van der Waals surface area (Å²) in [4.78, 5) is 17.8. The van der Waals surface area contributed by atoms with Gasteiger partial charge >= 0.3 is 0 Å². The average Bonchev–Trinajstić information content (AvgIpc) is 2.79. The van der Waals surface area contributed by atoms with Crippen molar-refractivity contribution in [1.82, 2.24) is 10.3 Å². The maximum Gasteiger partial charge on any atom is 0.220 e. The van der Waals surface area contributed by atoms with Crippen LogP contribution in [0.4, 0.5) is 0 Å². The van der Waals surface area contributed by atoms with Crippen molar-refractivity contribution in [2.24, 2.45) is 5.41 Å². The Morgan fingerprint density at radius 3 is 2.43 bits per heavy atom. The van der Waals surface area contributed by atoms with Crippen LogP contribution in [0.5, 0.6) is 0 Å². The van der Waals surface area contributed by atoms with E-state index >= 15 is 0 Å². The predicted molar refractivity (Wildman–Crippen MR) is 97.8 cm³/mol. The minimum Gasteiger partial charge on any atom is -0.356 e. The molecule has 0 radical (unpaired) electrons. The molecule has 0 spiro atoms. The third-order valence-corrected chi connectivity index (χ3v) is 4.82. The van der Waals surface area contributed by atoms with E-state index in [2.05, 4.69) is 62.3 Å². The Kier molecular flexibility index (Phi) is 5.58. The third kappa shape index (κ3) is 5.47. The first-order chi connectivity index (χ1) is 10.7. The third-order valence-electron chi connectivity index (χ3n) is 3.56. The molecule has 2 aromatic rings. The molecule has 124 valence electrons. The van der Waals surface area contributed by atoms with Gasteiger partial charge in [0.1, 0.15) is 5.01 Å². The lowest BCUT2D eigenvalue weighted by molar-refractivity contribution is -0.122. The number of amides is 1. The van der Waals surface area contributed by atoms with Crippen molar-refractivity contribution in [3.8, 4) is 10.6 Å². The molecule has 0 unspecified atom stereocenters. The molecule has 0 atom stereocenters. The van der Waals surface area contributed by atoms with E-state index in [9.17, 15) is 4.79 Å². The fourth-order valence-electron chi connectivity index (χ4n) is 2.34. The van der Waals surface area contributed by atoms with E-state index in [0.29, 0.717) is 13.0 Å². The lowest BCUT2D eigenvalue weighted by atomic mass is 9.92. The SMILES string of the molecule is Cc1ccc(-c2nc(C)c(CCNC(=O)CC(C)(C)C)s2)cc1. The van der Waals surface area contributed by atoms with Crippen LogP contribution in [0.2, 0.25) is 0 Å². The molecule has 0 saturated carbocycles. The summed E-state index contributed by atoms with van der Waals surface area (Å²) in [5, 5.41) is 4.07. The largest absolute Gasteiger partial charge is 0.356 e. The van der Waals surface area contributed by atoms with Crippen molar-refractivity contribution in [2.45, 2.75) is 47.5 Å². The summed E-state index contributed by atoms with van der Waals surface area (Å²) in [5.41, 5.74) is 3.51. The molecule has 0 bridgehead atoms. The number of aromatic nitrogens is 1. The molecule has 1 N–H and O–H groups in total. The Morgan fingerprint density at radius 1 is 1.17 bits per heavy atom. The Morgan fingerprint density at radius 2 is 1.83 bits per heavy atom. The second-order valence-corrected chi connectivity index (χ2v) is 8.31. The topological polar surface area (TPSA) is 42.0 Å². The summed E-state index contributed by atoms with van der Waals surface area (Å²) in [6.45, 7) is 11.0. The standard InChI is InChI=1S/C19H26N2OS/c1-13-6-8-15(9-7-13)18-21-14(2)16(23-18)10-11-20-17(22)12-19(3,4)5/h6-9H,10-12H2,1-5H3,(H,20,22). The number of benzene rings is 1. The summed E-state index contributed by atoms with van der Waals surface area (Å²) in [6, 6.07) is 8.45. The highest BCUT2D eigenvalue weighted by Gasteiger charge is 2.16. The Labute approximate surface area is 143 Å². The minimum atomic E-state index is 0.0309. The number of carbonyl (C=O) groups is 1. The molecule has 0 aliphatic rings. The molecule has 3 nitrogen and oxygen atoms in total. The van der Waals surface area contributed by atoms with Crippen molar-refractivity contribution in [3.05, 3.63) is 40.4 Å². The quantitative estimate of drug-likeness (QED) is 0.875. The Bertz CT molecular complexity index is 666. The molecule has 1 heterocycles. The molecule has 4 heteroatoms. The fraction of sp³-hybridized carbons (Fsp3) is 0.474. The molecular weight excluding hydrogens is 304 g/mol. The van der Waals surface area contributed by atoms with E-state index in [4.69, 9.17) is 0 Å². The number of rotatable bonds is 5. The van der Waals surface area contributed by atoms with Crippen molar-refractivity contribution >= 4 is 17.2 Å². The molecule has 0 saturated heterocycles. The van der Waals surface area contributed by atoms with Gasteiger partial charge in [-0.2, -0.15) is 0 Å². The zero-order valence-corrected chi connectivity index (χ0v) is 15.5. The van der Waals surface area contributed by atoms with Crippen molar-refractivity contribution in [3.63, 3.8) is 0 Å². The van der Waals surface area contributed by atoms with Gasteiger partial charge in [0.05, 0.1) is 5.69 Å². The lowest BCUT2D eigenvalue weighted by Gasteiger charge is -2.17. The van der Waals surface area contributed by atoms with Crippen LogP contribution in [0.1, 0.15) is 43.3 Å². The molecule has 0 aliphatic heterocycles. The predicted octanol–water partition coefficient (Wildman–Crippen LogP) is 4.52. The molecule has 1 amide bonds. The minimum absolute atomic E-state index is 0.0309. The van der Waals surface area contributed by atoms with Gasteiger partial charge < -0.3 is 5.32 Å². The zero-order chi connectivity index (χ0) is 17.0. The van der Waals surface area contributed by atoms with Crippen LogP contribution in [0.3, 0.4) is 0 Å². The van der Waals surface area contributed by atoms with E-state index in [1.165, 1.54) is 10.4 Å². The van der Waals surface area contributed by atoms with Gasteiger partial charge in [-0.15, -0.1) is 11.3 Å². The van der Waals surface area contributed by atoms with Crippen LogP contribution in [0.25, 0.3) is 10.6 Å². The van der Waals surface area contributed by atoms with Gasteiger partial charge in [0, 0.05) is 29.8 Å². The molecule has 0 fully saturated rings. The molecule has 23 heavy (non-hydrogen) atoms. The van der Waals surface area contributed by atoms with E-state index in [1.54, 1.807) is 11.3 Å². The summed E-state index contributed by atoms with van der Waals surface area (Å²) in [5.74, 6) is 0.124. The maximum atomic E-state index is 11.9. The van der Waals surface area contributed by atoms with Crippen LogP contribution in [0, 0.1) is 19.3 Å². The van der Waals surface area contributed by atoms with E-state index in [1.807, 2.05) is 6.92 Å². The summed E-state index contributed by atoms with van der Waals surface area (Å²) < 4.78 is 0. The van der Waals surface area contributed by atoms with Crippen LogP contribution in [-0.2, 0) is 11.2 Å². The number of nitrogens with one attached hydrogen (secondary N) is 1. The van der Waals surface area contributed by atoms with Gasteiger partial charge in [-0.3, -0.25) is 4.79 Å². The highest BCUT2D eigenvalue weighted by Crippen LogP contribution is 2.28. The first-order valence-corrected chi connectivity index (χ1v) is 8.86. The number of nitrogens with zero attached hydrogens (tertiary/aromatic N) is 1. The van der Waals surface area contributed by atoms with Gasteiger partial charge in [0.2, 0.25) is 5.91 Å². The number of hydrogen-bond acceptors (Lipinski definition) is 3. The first kappa shape index (κ1) is 17.7. The van der Waals surface area contributed by atoms with Gasteiger partial charge in [-0.05, 0) is 19.3 Å². The van der Waals surface area contributed by atoms with Crippen LogP contribution < -0.4 is 5.32 Å². The van der Waals surface area contributed by atoms with Crippen LogP contribution in [-0.4, -0.2) is 17.4 Å². The Hall–Kier alpha value is -1.68. The first-order valence-electron chi connectivity index (χ1n) is 8.05. The molecule has 2 rings (SSSR count). The second kappa shape index (κ2) is 7.26. The van der Waals surface area contributed by atoms with Gasteiger partial charge in [-0.25, -0.2) is 4.98 Å². The molecular formula is C19H26N2OS. The molecule has 0 aliphatic carbocycles. The van der Waals surface area contributed by atoms with E-state index < -0.39 is 0 Å². The normalized spacial score (nSPS) is 11.5. The summed E-state index contributed by atoms with van der Waals surface area (Å²) >= 11 is 1.72. The summed E-state index contributed by atoms with van der Waals surface area (Å²) in [7, 11) is 0. The van der Waals surface area contributed by atoms with E-state index in [0.717, 1.165) is 22.7 Å². The number of hydrogen-bond donors (Lipinski definition) is 1. The number of carbonyl (C=O) groups excluding carboxylic acids is 1. The van der Waals surface area contributed by atoms with Crippen molar-refractivity contribution < 1.29 is 4.79 Å². The number of aryl methyl sites for hydroxylation is 2. The van der Waals surface area contributed by atoms with Crippen molar-refractivity contribution in [1.29, 1.82) is 0 Å². The highest BCUT2D eigenvalue weighted by molar-refractivity contribution is 7.15. The van der Waals surface area contributed by atoms with Crippen LogP contribution >= 0.6 is 11.3 Å². The van der Waals surface area contributed by atoms with Crippen LogP contribution in [0.15, 0.2) is 24.3 Å². The van der Waals surface area contributed by atoms with Gasteiger partial charge in [-0.1, -0.05) is 50.6 Å². The second-order valence-electron chi connectivity index (χ2n) is 7.23. The molecule has 1 aromatic heterocycles. The van der Waals surface area contributed by atoms with Crippen molar-refractivity contribution in [2.75, 3.05) is 6.54 Å². The highest BCUT2D eigenvalue weighted by atomic mass is 32.1. The van der Waals surface area contributed by atoms with Gasteiger partial charge in [0.25, 0.3) is 0 Å².